The molecule has 0 radical (unpaired) electrons. The molecule has 0 aliphatic heterocycles. The molecule has 1 fully saturated rings. The van der Waals surface area contributed by atoms with Crippen LogP contribution in [0.2, 0.25) is 0 Å². The summed E-state index contributed by atoms with van der Waals surface area (Å²) in [6.07, 6.45) is 0. The van der Waals surface area contributed by atoms with Gasteiger partial charge in [0.05, 0.1) is 18.4 Å². The minimum Gasteiger partial charge on any atom is -0.396 e. The summed E-state index contributed by atoms with van der Waals surface area (Å²) < 4.78 is 25.7. The van der Waals surface area contributed by atoms with Gasteiger partial charge in [-0.3, -0.25) is 0 Å². The Morgan fingerprint density at radius 2 is 2.33 bits per heavy atom. The Morgan fingerprint density at radius 3 is 2.75 bits per heavy atom. The summed E-state index contributed by atoms with van der Waals surface area (Å²) in [5.74, 6) is -4.27. The topological polar surface area (TPSA) is 20.2 Å². The number of thiophene rings is 1. The van der Waals surface area contributed by atoms with Crippen LogP contribution < -0.4 is 0 Å². The van der Waals surface area contributed by atoms with Gasteiger partial charge in [-0.25, -0.2) is 8.78 Å². The van der Waals surface area contributed by atoms with Crippen LogP contribution in [0.25, 0.3) is 0 Å². The van der Waals surface area contributed by atoms with Crippen molar-refractivity contribution in [3.8, 4) is 0 Å². The van der Waals surface area contributed by atoms with E-state index in [2.05, 4.69) is 0 Å². The van der Waals surface area contributed by atoms with Gasteiger partial charge >= 0.3 is 0 Å². The molecule has 1 nitrogen and oxygen atoms in total. The van der Waals surface area contributed by atoms with Gasteiger partial charge in [-0.15, -0.1) is 11.3 Å². The summed E-state index contributed by atoms with van der Waals surface area (Å²) in [6.45, 7) is -0.421. The van der Waals surface area contributed by atoms with Crippen molar-refractivity contribution in [2.24, 2.45) is 5.92 Å². The maximum atomic E-state index is 12.9. The first-order valence-electron chi connectivity index (χ1n) is 3.70. The number of aliphatic hydroxyl groups excluding tert-OH is 1. The smallest absolute Gasteiger partial charge is 0.262 e. The van der Waals surface area contributed by atoms with E-state index in [0.29, 0.717) is 4.88 Å². The average molecular weight is 190 g/mol. The number of hydrogen-bond acceptors (Lipinski definition) is 2. The van der Waals surface area contributed by atoms with Gasteiger partial charge in [-0.1, -0.05) is 6.07 Å². The third-order valence-electron chi connectivity index (χ3n) is 2.25. The Kier molecular flexibility index (Phi) is 1.70. The molecule has 1 aromatic heterocycles. The van der Waals surface area contributed by atoms with Gasteiger partial charge in [0.1, 0.15) is 0 Å². The lowest BCUT2D eigenvalue weighted by Crippen LogP contribution is -1.96. The summed E-state index contributed by atoms with van der Waals surface area (Å²) in [6, 6.07) is 3.45. The van der Waals surface area contributed by atoms with Crippen LogP contribution >= 0.6 is 11.3 Å². The van der Waals surface area contributed by atoms with Crippen molar-refractivity contribution in [2.45, 2.75) is 11.8 Å². The van der Waals surface area contributed by atoms with Crippen LogP contribution in [0.15, 0.2) is 17.5 Å². The Hall–Kier alpha value is -0.480. The molecular formula is C8H8F2OS. The fraction of sp³-hybridized carbons (Fsp3) is 0.500. The van der Waals surface area contributed by atoms with Crippen molar-refractivity contribution >= 4 is 11.3 Å². The van der Waals surface area contributed by atoms with Crippen LogP contribution in [0.4, 0.5) is 8.78 Å². The van der Waals surface area contributed by atoms with Crippen LogP contribution in [0.1, 0.15) is 10.8 Å². The second-order valence-electron chi connectivity index (χ2n) is 2.96. The molecular weight excluding hydrogens is 182 g/mol. The zero-order valence-electron chi connectivity index (χ0n) is 6.21. The van der Waals surface area contributed by atoms with Crippen molar-refractivity contribution < 1.29 is 13.9 Å². The van der Waals surface area contributed by atoms with Crippen LogP contribution in [-0.4, -0.2) is 17.6 Å². The van der Waals surface area contributed by atoms with Gasteiger partial charge < -0.3 is 5.11 Å². The number of halogens is 2. The maximum Gasteiger partial charge on any atom is 0.262 e. The molecule has 2 rings (SSSR count). The van der Waals surface area contributed by atoms with Crippen LogP contribution in [0.5, 0.6) is 0 Å². The monoisotopic (exact) mass is 190 g/mol. The first-order chi connectivity index (χ1) is 5.68. The average Bonchev–Trinajstić information content (AvgIpc) is 2.50. The lowest BCUT2D eigenvalue weighted by molar-refractivity contribution is 0.0787. The molecule has 1 aromatic rings. The summed E-state index contributed by atoms with van der Waals surface area (Å²) in [4.78, 5) is 0.680. The highest BCUT2D eigenvalue weighted by molar-refractivity contribution is 7.10. The predicted octanol–water partition coefficient (Wildman–Crippen LogP) is 2.09. The number of rotatable bonds is 2. The molecule has 1 aliphatic rings. The normalized spacial score (nSPS) is 31.9. The van der Waals surface area contributed by atoms with E-state index in [1.807, 2.05) is 0 Å². The predicted molar refractivity (Wildman–Crippen MR) is 42.6 cm³/mol. The van der Waals surface area contributed by atoms with Crippen molar-refractivity contribution in [2.75, 3.05) is 6.61 Å². The Balaban J connectivity index is 2.19. The van der Waals surface area contributed by atoms with Crippen molar-refractivity contribution in [3.05, 3.63) is 22.4 Å². The van der Waals surface area contributed by atoms with Crippen LogP contribution in [-0.2, 0) is 0 Å². The summed E-state index contributed by atoms with van der Waals surface area (Å²) >= 11 is 1.32. The molecule has 1 saturated carbocycles. The highest BCUT2D eigenvalue weighted by atomic mass is 32.1. The molecule has 0 unspecified atom stereocenters. The van der Waals surface area contributed by atoms with Crippen LogP contribution in [0.3, 0.4) is 0 Å². The minimum atomic E-state index is -2.68. The first-order valence-corrected chi connectivity index (χ1v) is 4.58. The standard InChI is InChI=1S/C8H8F2OS/c9-8(10)5(4-11)7(8)6-2-1-3-12-6/h1-3,5,7,11H,4H2/t5-,7+/m1/s1. The van der Waals surface area contributed by atoms with E-state index in [1.165, 1.54) is 11.3 Å². The highest BCUT2D eigenvalue weighted by Crippen LogP contribution is 2.61. The number of alkyl halides is 2. The van der Waals surface area contributed by atoms with E-state index < -0.39 is 24.4 Å². The molecule has 0 aromatic carbocycles. The molecule has 66 valence electrons. The van der Waals surface area contributed by atoms with E-state index in [1.54, 1.807) is 17.5 Å². The summed E-state index contributed by atoms with van der Waals surface area (Å²) in [7, 11) is 0. The fourth-order valence-electron chi connectivity index (χ4n) is 1.47. The van der Waals surface area contributed by atoms with E-state index in [-0.39, 0.29) is 0 Å². The third kappa shape index (κ3) is 0.983. The van der Waals surface area contributed by atoms with Gasteiger partial charge in [0.15, 0.2) is 0 Å². The fourth-order valence-corrected chi connectivity index (χ4v) is 2.41. The molecule has 1 N–H and O–H groups in total. The summed E-state index contributed by atoms with van der Waals surface area (Å²) in [5, 5.41) is 10.4. The van der Waals surface area contributed by atoms with Gasteiger partial charge in [0.25, 0.3) is 5.92 Å². The molecule has 12 heavy (non-hydrogen) atoms. The van der Waals surface area contributed by atoms with E-state index in [9.17, 15) is 8.78 Å². The number of hydrogen-bond donors (Lipinski definition) is 1. The quantitative estimate of drug-likeness (QED) is 0.757. The first kappa shape index (κ1) is 8.13. The molecule has 2 atom stereocenters. The van der Waals surface area contributed by atoms with Gasteiger partial charge in [-0.2, -0.15) is 0 Å². The minimum absolute atomic E-state index is 0.421. The Morgan fingerprint density at radius 1 is 1.58 bits per heavy atom. The highest BCUT2D eigenvalue weighted by Gasteiger charge is 2.68. The Labute approximate surface area is 72.7 Å². The lowest BCUT2D eigenvalue weighted by atomic mass is 10.3. The third-order valence-corrected chi connectivity index (χ3v) is 3.20. The van der Waals surface area contributed by atoms with E-state index in [4.69, 9.17) is 5.11 Å². The van der Waals surface area contributed by atoms with Crippen molar-refractivity contribution in [3.63, 3.8) is 0 Å². The second-order valence-corrected chi connectivity index (χ2v) is 3.94. The van der Waals surface area contributed by atoms with Gasteiger partial charge in [0.2, 0.25) is 0 Å². The second kappa shape index (κ2) is 2.50. The Bertz CT molecular complexity index is 271. The molecule has 0 bridgehead atoms. The van der Waals surface area contributed by atoms with Crippen molar-refractivity contribution in [1.29, 1.82) is 0 Å². The zero-order chi connectivity index (χ0) is 8.77. The van der Waals surface area contributed by atoms with E-state index >= 15 is 0 Å². The lowest BCUT2D eigenvalue weighted by Gasteiger charge is -1.90. The maximum absolute atomic E-state index is 12.9. The SMILES string of the molecule is OC[C@@H]1[C@@H](c2cccs2)C1(F)F. The van der Waals surface area contributed by atoms with Gasteiger partial charge in [0, 0.05) is 4.88 Å². The molecule has 0 spiro atoms. The van der Waals surface area contributed by atoms with Crippen LogP contribution in [0, 0.1) is 5.92 Å². The van der Waals surface area contributed by atoms with Gasteiger partial charge in [-0.05, 0) is 11.4 Å². The molecule has 1 heterocycles. The zero-order valence-corrected chi connectivity index (χ0v) is 7.02. The molecule has 1 aliphatic carbocycles. The van der Waals surface area contributed by atoms with Crippen molar-refractivity contribution in [1.82, 2.24) is 0 Å². The molecule has 0 amide bonds. The summed E-state index contributed by atoms with van der Waals surface area (Å²) in [5.41, 5.74) is 0. The van der Waals surface area contributed by atoms with E-state index in [0.717, 1.165) is 0 Å². The molecule has 0 saturated heterocycles. The largest absolute Gasteiger partial charge is 0.396 e. The molecule has 4 heteroatoms. The number of aliphatic hydroxyl groups is 1.